The molecule has 0 radical (unpaired) electrons. The molecule has 1 heterocycles. The normalized spacial score (nSPS) is 35.5. The second-order valence-corrected chi connectivity index (χ2v) is 7.19. The highest BCUT2D eigenvalue weighted by molar-refractivity contribution is 5.89. The summed E-state index contributed by atoms with van der Waals surface area (Å²) >= 11 is 0. The molecule has 0 bridgehead atoms. The first-order chi connectivity index (χ1) is 11.8. The van der Waals surface area contributed by atoms with Gasteiger partial charge in [0.1, 0.15) is 0 Å². The van der Waals surface area contributed by atoms with Crippen LogP contribution < -0.4 is 0 Å². The van der Waals surface area contributed by atoms with E-state index in [1.165, 1.54) is 13.8 Å². The third-order valence-electron chi connectivity index (χ3n) is 4.89. The fourth-order valence-corrected chi connectivity index (χ4v) is 3.54. The maximum atomic E-state index is 14.7. The summed E-state index contributed by atoms with van der Waals surface area (Å²) < 4.78 is 150. The van der Waals surface area contributed by atoms with E-state index in [4.69, 9.17) is 0 Å². The number of rotatable bonds is 1. The van der Waals surface area contributed by atoms with Crippen LogP contribution in [0.3, 0.4) is 0 Å². The number of amides is 1. The molecular formula is C14H14F11NO. The Hall–Kier alpha value is -1.30. The average Bonchev–Trinajstić information content (AvgIpc) is 2.50. The first-order valence-corrected chi connectivity index (χ1v) is 7.68. The minimum atomic E-state index is -7.31. The van der Waals surface area contributed by atoms with Gasteiger partial charge in [0.2, 0.25) is 0 Å². The van der Waals surface area contributed by atoms with Crippen molar-refractivity contribution in [1.82, 2.24) is 4.90 Å². The van der Waals surface area contributed by atoms with Gasteiger partial charge in [0.05, 0.1) is 0 Å². The number of piperidine rings is 1. The summed E-state index contributed by atoms with van der Waals surface area (Å²) in [5, 5.41) is 0. The SMILES string of the molecule is CC1CC(C)CN(C(=O)C2(F)C(F)(F)C(F)(F)C(F)(F)C(F)(F)C2(F)F)C1. The van der Waals surface area contributed by atoms with Crippen molar-refractivity contribution in [3.05, 3.63) is 0 Å². The molecule has 0 aromatic carbocycles. The van der Waals surface area contributed by atoms with E-state index in [-0.39, 0.29) is 4.90 Å². The number of hydrogen-bond acceptors (Lipinski definition) is 1. The van der Waals surface area contributed by atoms with Gasteiger partial charge in [0, 0.05) is 13.1 Å². The van der Waals surface area contributed by atoms with E-state index in [1.807, 2.05) is 0 Å². The monoisotopic (exact) mass is 421 g/mol. The van der Waals surface area contributed by atoms with Crippen LogP contribution >= 0.6 is 0 Å². The molecule has 1 aliphatic heterocycles. The maximum Gasteiger partial charge on any atom is 0.384 e. The van der Waals surface area contributed by atoms with Gasteiger partial charge in [-0.15, -0.1) is 0 Å². The van der Waals surface area contributed by atoms with Gasteiger partial charge in [-0.3, -0.25) is 4.79 Å². The average molecular weight is 421 g/mol. The summed E-state index contributed by atoms with van der Waals surface area (Å²) in [6, 6.07) is 0. The molecule has 2 unspecified atom stereocenters. The Morgan fingerprint density at radius 2 is 0.963 bits per heavy atom. The topological polar surface area (TPSA) is 20.3 Å². The lowest BCUT2D eigenvalue weighted by molar-refractivity contribution is -0.477. The van der Waals surface area contributed by atoms with Crippen LogP contribution in [0, 0.1) is 11.8 Å². The molecule has 158 valence electrons. The van der Waals surface area contributed by atoms with Crippen molar-refractivity contribution in [1.29, 1.82) is 0 Å². The van der Waals surface area contributed by atoms with Crippen molar-refractivity contribution in [3.63, 3.8) is 0 Å². The van der Waals surface area contributed by atoms with Crippen molar-refractivity contribution < 1.29 is 53.1 Å². The number of carbonyl (C=O) groups is 1. The van der Waals surface area contributed by atoms with Crippen LogP contribution in [0.4, 0.5) is 48.3 Å². The van der Waals surface area contributed by atoms with E-state index in [1.54, 1.807) is 0 Å². The highest BCUT2D eigenvalue weighted by Gasteiger charge is 3.03. The van der Waals surface area contributed by atoms with Gasteiger partial charge >= 0.3 is 35.3 Å². The number of carbonyl (C=O) groups excluding carboxylic acids is 1. The third kappa shape index (κ3) is 2.28. The minimum absolute atomic E-state index is 0.0315. The Balaban J connectivity index is 2.69. The Kier molecular flexibility index (Phi) is 4.58. The highest BCUT2D eigenvalue weighted by atomic mass is 19.4. The largest absolute Gasteiger partial charge is 0.384 e. The summed E-state index contributed by atoms with van der Waals surface area (Å²) in [7, 11) is 0. The Morgan fingerprint density at radius 3 is 1.30 bits per heavy atom. The van der Waals surface area contributed by atoms with Gasteiger partial charge in [-0.1, -0.05) is 13.8 Å². The first kappa shape index (κ1) is 22.0. The van der Waals surface area contributed by atoms with Crippen molar-refractivity contribution in [2.45, 2.75) is 55.5 Å². The lowest BCUT2D eigenvalue weighted by atomic mass is 9.71. The van der Waals surface area contributed by atoms with Gasteiger partial charge in [-0.25, -0.2) is 4.39 Å². The van der Waals surface area contributed by atoms with Gasteiger partial charge in [-0.2, -0.15) is 43.9 Å². The summed E-state index contributed by atoms with van der Waals surface area (Å²) in [6.45, 7) is 1.42. The van der Waals surface area contributed by atoms with Crippen LogP contribution in [-0.2, 0) is 4.79 Å². The van der Waals surface area contributed by atoms with Gasteiger partial charge in [0.15, 0.2) is 0 Å². The van der Waals surface area contributed by atoms with Gasteiger partial charge in [-0.05, 0) is 18.3 Å². The molecule has 0 aromatic heterocycles. The second-order valence-electron chi connectivity index (χ2n) is 7.19. The molecule has 1 amide bonds. The Morgan fingerprint density at radius 1 is 0.667 bits per heavy atom. The molecule has 2 fully saturated rings. The van der Waals surface area contributed by atoms with E-state index in [9.17, 15) is 53.1 Å². The molecule has 0 N–H and O–H groups in total. The Bertz CT molecular complexity index is 593. The molecule has 13 heteroatoms. The fourth-order valence-electron chi connectivity index (χ4n) is 3.54. The Labute approximate surface area is 145 Å². The molecular weight excluding hydrogens is 407 g/mol. The van der Waals surface area contributed by atoms with E-state index in [0.29, 0.717) is 6.42 Å². The van der Waals surface area contributed by atoms with Crippen molar-refractivity contribution >= 4 is 5.91 Å². The summed E-state index contributed by atoms with van der Waals surface area (Å²) in [4.78, 5) is 12.0. The quantitative estimate of drug-likeness (QED) is 0.576. The summed E-state index contributed by atoms with van der Waals surface area (Å²) in [6.07, 6.45) is 0.320. The number of likely N-dealkylation sites (tertiary alicyclic amines) is 1. The lowest BCUT2D eigenvalue weighted by Gasteiger charge is -2.52. The zero-order chi connectivity index (χ0) is 21.4. The summed E-state index contributed by atoms with van der Waals surface area (Å²) in [5.41, 5.74) is -6.58. The van der Waals surface area contributed by atoms with Crippen molar-refractivity contribution in [3.8, 4) is 0 Å². The predicted molar refractivity (Wildman–Crippen MR) is 68.1 cm³/mol. The van der Waals surface area contributed by atoms with E-state index >= 15 is 0 Å². The van der Waals surface area contributed by atoms with Crippen LogP contribution in [0.5, 0.6) is 0 Å². The standard InChI is InChI=1S/C14H14F11NO/c1-6-3-7(2)5-26(4-6)8(27)9(15)10(16,17)12(20,21)14(24,25)13(22,23)11(9,18)19/h6-7H,3-5H2,1-2H3. The van der Waals surface area contributed by atoms with Gasteiger partial charge in [0.25, 0.3) is 5.91 Å². The molecule has 1 saturated heterocycles. The van der Waals surface area contributed by atoms with Crippen LogP contribution in [0.2, 0.25) is 0 Å². The number of hydrogen-bond donors (Lipinski definition) is 0. The zero-order valence-corrected chi connectivity index (χ0v) is 13.8. The zero-order valence-electron chi connectivity index (χ0n) is 13.8. The van der Waals surface area contributed by atoms with Crippen molar-refractivity contribution in [2.75, 3.05) is 13.1 Å². The molecule has 1 saturated carbocycles. The molecule has 0 spiro atoms. The molecule has 1 aliphatic carbocycles. The van der Waals surface area contributed by atoms with E-state index in [2.05, 4.69) is 0 Å². The molecule has 2 aliphatic rings. The smallest absolute Gasteiger partial charge is 0.339 e. The van der Waals surface area contributed by atoms with Crippen LogP contribution in [0.15, 0.2) is 0 Å². The second kappa shape index (κ2) is 5.62. The predicted octanol–water partition coefficient (Wildman–Crippen LogP) is 4.39. The fraction of sp³-hybridized carbons (Fsp3) is 0.929. The van der Waals surface area contributed by atoms with Crippen LogP contribution in [-0.4, -0.2) is 59.2 Å². The van der Waals surface area contributed by atoms with E-state index < -0.39 is 66.1 Å². The number of nitrogens with zero attached hydrogens (tertiary/aromatic N) is 1. The van der Waals surface area contributed by atoms with Crippen LogP contribution in [0.1, 0.15) is 20.3 Å². The molecule has 2 nitrogen and oxygen atoms in total. The molecule has 27 heavy (non-hydrogen) atoms. The number of alkyl halides is 11. The summed E-state index contributed by atoms with van der Waals surface area (Å²) in [5.74, 6) is -40.3. The van der Waals surface area contributed by atoms with Crippen molar-refractivity contribution in [2.24, 2.45) is 11.8 Å². The first-order valence-electron chi connectivity index (χ1n) is 7.68. The maximum absolute atomic E-state index is 14.7. The van der Waals surface area contributed by atoms with Crippen LogP contribution in [0.25, 0.3) is 0 Å². The molecule has 2 atom stereocenters. The number of halogens is 11. The van der Waals surface area contributed by atoms with E-state index in [0.717, 1.165) is 0 Å². The lowest BCUT2D eigenvalue weighted by Crippen LogP contribution is -2.86. The molecule has 2 rings (SSSR count). The molecule has 0 aromatic rings. The highest BCUT2D eigenvalue weighted by Crippen LogP contribution is 2.69. The third-order valence-corrected chi connectivity index (χ3v) is 4.89. The minimum Gasteiger partial charge on any atom is -0.339 e. The van der Waals surface area contributed by atoms with Gasteiger partial charge < -0.3 is 4.90 Å².